The quantitative estimate of drug-likeness (QED) is 0.467. The predicted molar refractivity (Wildman–Crippen MR) is 46.9 cm³/mol. The first-order valence-electron chi connectivity index (χ1n) is 3.70. The van der Waals surface area contributed by atoms with Crippen molar-refractivity contribution in [2.75, 3.05) is 0 Å². The lowest BCUT2D eigenvalue weighted by Crippen LogP contribution is -2.01. The summed E-state index contributed by atoms with van der Waals surface area (Å²) in [5.41, 5.74) is 2.28. The summed E-state index contributed by atoms with van der Waals surface area (Å²) in [6.45, 7) is 7.10. The van der Waals surface area contributed by atoms with Crippen LogP contribution in [0.3, 0.4) is 0 Å². The van der Waals surface area contributed by atoms with Crippen LogP contribution in [-0.2, 0) is 4.79 Å². The molecule has 1 rings (SSSR count). The summed E-state index contributed by atoms with van der Waals surface area (Å²) in [6.07, 6.45) is 0. The molecule has 0 aliphatic carbocycles. The van der Waals surface area contributed by atoms with Gasteiger partial charge in [-0.3, -0.25) is 4.79 Å². The van der Waals surface area contributed by atoms with E-state index in [2.05, 4.69) is 6.92 Å². The molecule has 1 radical (unpaired) electrons. The highest BCUT2D eigenvalue weighted by atomic mass is 16.5. The third-order valence-corrected chi connectivity index (χ3v) is 1.71. The minimum Gasteiger partial charge on any atom is -0.427 e. The molecule has 1 aromatic rings. The number of hydrogen-bond acceptors (Lipinski definition) is 2. The van der Waals surface area contributed by atoms with Crippen molar-refractivity contribution in [3.8, 4) is 5.75 Å². The van der Waals surface area contributed by atoms with Gasteiger partial charge in [-0.1, -0.05) is 6.07 Å². The van der Waals surface area contributed by atoms with Crippen molar-refractivity contribution in [2.24, 2.45) is 0 Å². The Bertz CT molecular complexity index is 303. The zero-order valence-corrected chi connectivity index (χ0v) is 7.26. The van der Waals surface area contributed by atoms with E-state index in [1.165, 1.54) is 5.56 Å². The number of benzene rings is 1. The van der Waals surface area contributed by atoms with E-state index in [4.69, 9.17) is 4.74 Å². The van der Waals surface area contributed by atoms with Gasteiger partial charge in [0.1, 0.15) is 5.75 Å². The molecule has 0 aromatic heterocycles. The van der Waals surface area contributed by atoms with Gasteiger partial charge in [0.2, 0.25) is 0 Å². The van der Waals surface area contributed by atoms with E-state index in [-0.39, 0.29) is 0 Å². The average molecular weight is 163 g/mol. The summed E-state index contributed by atoms with van der Waals surface area (Å²) in [6, 6.07) is 5.48. The molecule has 2 nitrogen and oxygen atoms in total. The maximum atomic E-state index is 10.5. The fraction of sp³-hybridized carbons (Fsp3) is 0.200. The maximum Gasteiger partial charge on any atom is 0.311 e. The summed E-state index contributed by atoms with van der Waals surface area (Å²) in [5.74, 6) is 0.0244. The average Bonchev–Trinajstić information content (AvgIpc) is 1.96. The molecule has 0 heterocycles. The Kier molecular flexibility index (Phi) is 2.48. The number of ether oxygens (including phenoxy) is 1. The summed E-state index contributed by atoms with van der Waals surface area (Å²) >= 11 is 0. The van der Waals surface area contributed by atoms with Gasteiger partial charge in [-0.05, 0) is 37.1 Å². The lowest BCUT2D eigenvalue weighted by Gasteiger charge is -2.03. The Labute approximate surface area is 72.2 Å². The highest BCUT2D eigenvalue weighted by Crippen LogP contribution is 2.16. The van der Waals surface area contributed by atoms with Crippen LogP contribution < -0.4 is 4.74 Å². The van der Waals surface area contributed by atoms with E-state index < -0.39 is 5.97 Å². The number of esters is 1. The van der Waals surface area contributed by atoms with Gasteiger partial charge in [-0.25, -0.2) is 0 Å². The first-order chi connectivity index (χ1) is 5.59. The van der Waals surface area contributed by atoms with E-state index in [9.17, 15) is 4.79 Å². The molecule has 12 heavy (non-hydrogen) atoms. The van der Waals surface area contributed by atoms with E-state index >= 15 is 0 Å². The normalized spacial score (nSPS) is 9.58. The van der Waals surface area contributed by atoms with Gasteiger partial charge in [-0.15, -0.1) is 0 Å². The number of aryl methyl sites for hydroxylation is 2. The van der Waals surface area contributed by atoms with Gasteiger partial charge < -0.3 is 4.74 Å². The molecule has 0 spiro atoms. The monoisotopic (exact) mass is 163 g/mol. The molecule has 0 saturated heterocycles. The first-order valence-corrected chi connectivity index (χ1v) is 3.70. The van der Waals surface area contributed by atoms with E-state index in [1.54, 1.807) is 6.07 Å². The van der Waals surface area contributed by atoms with Crippen molar-refractivity contribution in [1.29, 1.82) is 0 Å². The van der Waals surface area contributed by atoms with Gasteiger partial charge in [0.05, 0.1) is 6.92 Å². The molecule has 0 aliphatic heterocycles. The standard InChI is InChI=1S/C10H11O2/c1-7-4-5-10(6-8(7)2)12-9(3)11/h4-6H,3H2,1-2H3. The van der Waals surface area contributed by atoms with Gasteiger partial charge in [0.25, 0.3) is 0 Å². The fourth-order valence-corrected chi connectivity index (χ4v) is 0.909. The lowest BCUT2D eigenvalue weighted by atomic mass is 10.1. The van der Waals surface area contributed by atoms with E-state index in [0.717, 1.165) is 5.56 Å². The first kappa shape index (κ1) is 8.78. The molecule has 0 unspecified atom stereocenters. The lowest BCUT2D eigenvalue weighted by molar-refractivity contribution is -0.129. The smallest absolute Gasteiger partial charge is 0.311 e. The second kappa shape index (κ2) is 3.39. The van der Waals surface area contributed by atoms with Gasteiger partial charge in [-0.2, -0.15) is 0 Å². The molecule has 0 saturated carbocycles. The molecule has 0 fully saturated rings. The van der Waals surface area contributed by atoms with Crippen LogP contribution in [0.1, 0.15) is 11.1 Å². The second-order valence-corrected chi connectivity index (χ2v) is 2.72. The SMILES string of the molecule is [CH2]C(=O)Oc1ccc(C)c(C)c1. The molecular formula is C10H11O2. The number of hydrogen-bond donors (Lipinski definition) is 0. The number of carbonyl (C=O) groups excluding carboxylic acids is 1. The van der Waals surface area contributed by atoms with Crippen molar-refractivity contribution in [1.82, 2.24) is 0 Å². The minimum absolute atomic E-state index is 0.529. The van der Waals surface area contributed by atoms with Crippen molar-refractivity contribution < 1.29 is 9.53 Å². The van der Waals surface area contributed by atoms with Crippen molar-refractivity contribution in [3.63, 3.8) is 0 Å². The zero-order chi connectivity index (χ0) is 9.14. The fourth-order valence-electron chi connectivity index (χ4n) is 0.909. The third kappa shape index (κ3) is 2.09. The van der Waals surface area contributed by atoms with Crippen LogP contribution in [0.5, 0.6) is 5.75 Å². The van der Waals surface area contributed by atoms with Gasteiger partial charge in [0.15, 0.2) is 0 Å². The van der Waals surface area contributed by atoms with Crippen LogP contribution in [-0.4, -0.2) is 5.97 Å². The van der Waals surface area contributed by atoms with Crippen LogP contribution in [0.15, 0.2) is 18.2 Å². The Morgan fingerprint density at radius 2 is 2.00 bits per heavy atom. The molecule has 0 atom stereocenters. The summed E-state index contributed by atoms with van der Waals surface area (Å²) < 4.78 is 4.80. The minimum atomic E-state index is -0.529. The predicted octanol–water partition coefficient (Wildman–Crippen LogP) is 2.04. The van der Waals surface area contributed by atoms with Gasteiger partial charge >= 0.3 is 5.97 Å². The second-order valence-electron chi connectivity index (χ2n) is 2.72. The third-order valence-electron chi connectivity index (χ3n) is 1.71. The van der Waals surface area contributed by atoms with Crippen molar-refractivity contribution in [2.45, 2.75) is 13.8 Å². The molecule has 2 heteroatoms. The van der Waals surface area contributed by atoms with Crippen molar-refractivity contribution >= 4 is 5.97 Å². The Hall–Kier alpha value is -1.31. The molecule has 0 bridgehead atoms. The highest BCUT2D eigenvalue weighted by Gasteiger charge is 1.99. The number of rotatable bonds is 1. The molecular weight excluding hydrogens is 152 g/mol. The van der Waals surface area contributed by atoms with Crippen LogP contribution >= 0.6 is 0 Å². The Morgan fingerprint density at radius 3 is 2.50 bits per heavy atom. The molecule has 1 aromatic carbocycles. The number of carbonyl (C=O) groups is 1. The zero-order valence-electron chi connectivity index (χ0n) is 7.26. The summed E-state index contributed by atoms with van der Waals surface area (Å²) in [5, 5.41) is 0. The van der Waals surface area contributed by atoms with Crippen LogP contribution in [0.2, 0.25) is 0 Å². The molecule has 0 aliphatic rings. The van der Waals surface area contributed by atoms with Crippen molar-refractivity contribution in [3.05, 3.63) is 36.2 Å². The molecule has 63 valence electrons. The Morgan fingerprint density at radius 1 is 1.33 bits per heavy atom. The topological polar surface area (TPSA) is 26.3 Å². The molecule has 0 amide bonds. The maximum absolute atomic E-state index is 10.5. The highest BCUT2D eigenvalue weighted by molar-refractivity contribution is 5.76. The van der Waals surface area contributed by atoms with Gasteiger partial charge in [0, 0.05) is 0 Å². The Balaban J connectivity index is 2.89. The summed E-state index contributed by atoms with van der Waals surface area (Å²) in [7, 11) is 0. The summed E-state index contributed by atoms with van der Waals surface area (Å²) in [4.78, 5) is 10.5. The van der Waals surface area contributed by atoms with E-state index in [1.807, 2.05) is 26.0 Å². The molecule has 0 N–H and O–H groups in total. The van der Waals surface area contributed by atoms with Crippen LogP contribution in [0.25, 0.3) is 0 Å². The largest absolute Gasteiger partial charge is 0.427 e. The van der Waals surface area contributed by atoms with Crippen LogP contribution in [0, 0.1) is 20.8 Å². The van der Waals surface area contributed by atoms with Crippen LogP contribution in [0.4, 0.5) is 0 Å². The van der Waals surface area contributed by atoms with E-state index in [0.29, 0.717) is 5.75 Å².